The number of hydrogen-bond donors (Lipinski definition) is 1. The molecule has 0 aliphatic heterocycles. The summed E-state index contributed by atoms with van der Waals surface area (Å²) in [6, 6.07) is 0. The number of esters is 1. The third-order valence-electron chi connectivity index (χ3n) is 1.20. The zero-order valence-electron chi connectivity index (χ0n) is 7.90. The summed E-state index contributed by atoms with van der Waals surface area (Å²) in [4.78, 5) is 10.8. The topological polar surface area (TPSA) is 73.9 Å². The molecule has 0 radical (unpaired) electrons. The van der Waals surface area contributed by atoms with Gasteiger partial charge in [0.15, 0.2) is 0 Å². The molecule has 0 spiro atoms. The van der Waals surface area contributed by atoms with E-state index in [0.29, 0.717) is 0 Å². The van der Waals surface area contributed by atoms with Crippen LogP contribution in [0.15, 0.2) is 0 Å². The highest BCUT2D eigenvalue weighted by Gasteiger charge is 2.21. The molecule has 0 aliphatic rings. The Kier molecular flexibility index (Phi) is 5.90. The first-order valence-corrected chi connectivity index (χ1v) is 5.24. The van der Waals surface area contributed by atoms with E-state index in [4.69, 9.17) is 0 Å². The Morgan fingerprint density at radius 3 is 2.31 bits per heavy atom. The van der Waals surface area contributed by atoms with Crippen molar-refractivity contribution in [2.45, 2.75) is 6.92 Å². The van der Waals surface area contributed by atoms with Gasteiger partial charge in [-0.1, -0.05) is 0 Å². The lowest BCUT2D eigenvalue weighted by molar-refractivity contribution is -0.141. The van der Waals surface area contributed by atoms with E-state index in [2.05, 4.69) is 18.9 Å². The first-order chi connectivity index (χ1) is 6.08. The molecule has 0 saturated carbocycles. The summed E-state index contributed by atoms with van der Waals surface area (Å²) in [5.41, 5.74) is 0. The van der Waals surface area contributed by atoms with Crippen LogP contribution in [0.2, 0.25) is 0 Å². The van der Waals surface area contributed by atoms with Crippen molar-refractivity contribution in [1.82, 2.24) is 5.09 Å². The second-order valence-corrected chi connectivity index (χ2v) is 4.04. The summed E-state index contributed by atoms with van der Waals surface area (Å²) in [6.45, 7) is 1.77. The lowest BCUT2D eigenvalue weighted by atomic mass is 10.7. The highest BCUT2D eigenvalue weighted by molar-refractivity contribution is 7.51. The fourth-order valence-electron chi connectivity index (χ4n) is 0.577. The predicted molar refractivity (Wildman–Crippen MR) is 46.3 cm³/mol. The average Bonchev–Trinajstić information content (AvgIpc) is 2.15. The normalized spacial score (nSPS) is 11.3. The minimum absolute atomic E-state index is 0.202. The van der Waals surface area contributed by atoms with Crippen LogP contribution in [0.1, 0.15) is 6.92 Å². The molecule has 7 heteroatoms. The average molecular weight is 211 g/mol. The summed E-state index contributed by atoms with van der Waals surface area (Å²) in [5.74, 6) is -0.503. The van der Waals surface area contributed by atoms with Crippen LogP contribution in [0.4, 0.5) is 0 Å². The molecule has 13 heavy (non-hydrogen) atoms. The van der Waals surface area contributed by atoms with E-state index >= 15 is 0 Å². The van der Waals surface area contributed by atoms with Gasteiger partial charge in [-0.25, -0.2) is 9.65 Å². The molecule has 0 aromatic rings. The van der Waals surface area contributed by atoms with E-state index in [1.165, 1.54) is 14.2 Å². The Bertz CT molecular complexity index is 199. The molecule has 0 heterocycles. The molecule has 0 unspecified atom stereocenters. The first-order valence-electron chi connectivity index (χ1n) is 3.70. The zero-order chi connectivity index (χ0) is 10.3. The van der Waals surface area contributed by atoms with Crippen molar-refractivity contribution in [1.29, 1.82) is 0 Å². The van der Waals surface area contributed by atoms with Crippen LogP contribution in [0.3, 0.4) is 0 Å². The quantitative estimate of drug-likeness (QED) is 0.510. The van der Waals surface area contributed by atoms with Crippen molar-refractivity contribution in [3.8, 4) is 0 Å². The van der Waals surface area contributed by atoms with Gasteiger partial charge in [-0.15, -0.1) is 0 Å². The Morgan fingerprint density at radius 1 is 1.38 bits per heavy atom. The molecule has 0 saturated heterocycles. The fourth-order valence-corrected chi connectivity index (χ4v) is 1.31. The van der Waals surface area contributed by atoms with Gasteiger partial charge in [0.2, 0.25) is 0 Å². The van der Waals surface area contributed by atoms with Gasteiger partial charge in [-0.05, 0) is 6.92 Å². The van der Waals surface area contributed by atoms with Gasteiger partial charge in [0.05, 0.1) is 6.61 Å². The van der Waals surface area contributed by atoms with E-state index in [-0.39, 0.29) is 13.2 Å². The fraction of sp³-hybridized carbons (Fsp3) is 0.833. The highest BCUT2D eigenvalue weighted by atomic mass is 31.2. The van der Waals surface area contributed by atoms with E-state index in [1.807, 2.05) is 0 Å². The minimum Gasteiger partial charge on any atom is -0.465 e. The summed E-state index contributed by atoms with van der Waals surface area (Å²) >= 11 is 0. The van der Waals surface area contributed by atoms with E-state index in [9.17, 15) is 9.36 Å². The Labute approximate surface area is 77.1 Å². The Hall–Kier alpha value is -0.420. The van der Waals surface area contributed by atoms with Crippen LogP contribution in [-0.4, -0.2) is 33.3 Å². The smallest absolute Gasteiger partial charge is 0.405 e. The molecule has 0 aromatic carbocycles. The lowest BCUT2D eigenvalue weighted by Crippen LogP contribution is -2.23. The molecule has 1 N–H and O–H groups in total. The molecule has 0 amide bonds. The van der Waals surface area contributed by atoms with Gasteiger partial charge in [-0.2, -0.15) is 0 Å². The summed E-state index contributed by atoms with van der Waals surface area (Å²) in [6.07, 6.45) is 0. The van der Waals surface area contributed by atoms with E-state index in [0.717, 1.165) is 0 Å². The van der Waals surface area contributed by atoms with Crippen LogP contribution in [0.5, 0.6) is 0 Å². The van der Waals surface area contributed by atoms with Crippen molar-refractivity contribution in [3.63, 3.8) is 0 Å². The molecule has 0 bridgehead atoms. The van der Waals surface area contributed by atoms with Crippen LogP contribution in [0.25, 0.3) is 0 Å². The maximum Gasteiger partial charge on any atom is 0.405 e. The third-order valence-corrected chi connectivity index (χ3v) is 2.71. The molecular weight excluding hydrogens is 197 g/mol. The van der Waals surface area contributed by atoms with Crippen LogP contribution < -0.4 is 5.09 Å². The highest BCUT2D eigenvalue weighted by Crippen LogP contribution is 2.40. The second kappa shape index (κ2) is 6.10. The number of ether oxygens (including phenoxy) is 1. The van der Waals surface area contributed by atoms with Crippen LogP contribution in [-0.2, 0) is 23.1 Å². The summed E-state index contributed by atoms with van der Waals surface area (Å²) < 4.78 is 24.9. The number of hydrogen-bond acceptors (Lipinski definition) is 5. The van der Waals surface area contributed by atoms with Gasteiger partial charge in [0, 0.05) is 14.2 Å². The maximum absolute atomic E-state index is 11.3. The van der Waals surface area contributed by atoms with E-state index in [1.54, 1.807) is 6.92 Å². The molecule has 78 valence electrons. The van der Waals surface area contributed by atoms with Crippen molar-refractivity contribution in [3.05, 3.63) is 0 Å². The molecule has 0 aliphatic carbocycles. The maximum atomic E-state index is 11.3. The number of carbonyl (C=O) groups excluding carboxylic acids is 1. The monoisotopic (exact) mass is 211 g/mol. The Balaban J connectivity index is 3.86. The minimum atomic E-state index is -3.31. The largest absolute Gasteiger partial charge is 0.465 e. The first kappa shape index (κ1) is 12.6. The van der Waals surface area contributed by atoms with Crippen molar-refractivity contribution < 1.29 is 23.1 Å². The van der Waals surface area contributed by atoms with Gasteiger partial charge in [0.1, 0.15) is 6.54 Å². The Morgan fingerprint density at radius 2 is 1.92 bits per heavy atom. The molecule has 6 nitrogen and oxygen atoms in total. The predicted octanol–water partition coefficient (Wildman–Crippen LogP) is 0.540. The number of rotatable bonds is 6. The molecule has 0 aromatic heterocycles. The SMILES string of the molecule is CCOC(=O)CNP(=O)(OC)OC. The van der Waals surface area contributed by atoms with Gasteiger partial charge >= 0.3 is 13.7 Å². The second-order valence-electron chi connectivity index (χ2n) is 2.00. The number of nitrogens with one attached hydrogen (secondary N) is 1. The standard InChI is InChI=1S/C6H14NO5P/c1-4-12-6(8)5-7-13(9,10-2)11-3/h4-5H2,1-3H3,(H,7,9). The molecule has 0 atom stereocenters. The summed E-state index contributed by atoms with van der Waals surface area (Å²) in [7, 11) is -0.860. The lowest BCUT2D eigenvalue weighted by Gasteiger charge is -2.13. The van der Waals surface area contributed by atoms with Crippen molar-refractivity contribution >= 4 is 13.7 Å². The van der Waals surface area contributed by atoms with Gasteiger partial charge in [-0.3, -0.25) is 4.79 Å². The van der Waals surface area contributed by atoms with Crippen molar-refractivity contribution in [2.24, 2.45) is 0 Å². The molecular formula is C6H14NO5P. The summed E-state index contributed by atoms with van der Waals surface area (Å²) in [5, 5.41) is 2.32. The van der Waals surface area contributed by atoms with E-state index < -0.39 is 13.7 Å². The van der Waals surface area contributed by atoms with Gasteiger partial charge < -0.3 is 13.8 Å². The molecule has 0 rings (SSSR count). The van der Waals surface area contributed by atoms with Gasteiger partial charge in [0.25, 0.3) is 0 Å². The van der Waals surface area contributed by atoms with Crippen LogP contribution >= 0.6 is 7.75 Å². The zero-order valence-corrected chi connectivity index (χ0v) is 8.80. The van der Waals surface area contributed by atoms with Crippen LogP contribution in [0, 0.1) is 0 Å². The molecule has 0 fully saturated rings. The third kappa shape index (κ3) is 5.00. The van der Waals surface area contributed by atoms with Crippen molar-refractivity contribution in [2.75, 3.05) is 27.4 Å². The number of carbonyl (C=O) groups is 1.